The van der Waals surface area contributed by atoms with E-state index in [4.69, 9.17) is 9.15 Å². The van der Waals surface area contributed by atoms with Gasteiger partial charge in [0.1, 0.15) is 5.76 Å². The van der Waals surface area contributed by atoms with Crippen LogP contribution in [0.5, 0.6) is 0 Å². The number of rotatable bonds is 3. The molecule has 0 saturated carbocycles. The third-order valence-corrected chi connectivity index (χ3v) is 2.67. The first-order chi connectivity index (χ1) is 7.54. The minimum atomic E-state index is 0.0884. The summed E-state index contributed by atoms with van der Waals surface area (Å²) in [5.74, 6) is 2.12. The predicted octanol–water partition coefficient (Wildman–Crippen LogP) is 2.07. The highest BCUT2D eigenvalue weighted by molar-refractivity contribution is 5.03. The summed E-state index contributed by atoms with van der Waals surface area (Å²) in [6.45, 7) is 8.66. The summed E-state index contributed by atoms with van der Waals surface area (Å²) >= 11 is 0. The van der Waals surface area contributed by atoms with Crippen molar-refractivity contribution in [2.45, 2.75) is 45.2 Å². The quantitative estimate of drug-likeness (QED) is 0.853. The topological polar surface area (TPSA) is 47.3 Å². The highest BCUT2D eigenvalue weighted by atomic mass is 16.5. The minimum absolute atomic E-state index is 0.0884. The van der Waals surface area contributed by atoms with Crippen molar-refractivity contribution >= 4 is 0 Å². The predicted molar refractivity (Wildman–Crippen MR) is 61.3 cm³/mol. The van der Waals surface area contributed by atoms with E-state index in [0.717, 1.165) is 31.3 Å². The van der Waals surface area contributed by atoms with E-state index in [1.165, 1.54) is 0 Å². The SMILES string of the molecule is CC(C)(C)NCc1ncc(C2CCOC2)o1. The first-order valence-electron chi connectivity index (χ1n) is 5.82. The molecule has 0 aliphatic carbocycles. The lowest BCUT2D eigenvalue weighted by molar-refractivity contribution is 0.191. The van der Waals surface area contributed by atoms with E-state index < -0.39 is 0 Å². The van der Waals surface area contributed by atoms with Crippen LogP contribution in [0, 0.1) is 0 Å². The van der Waals surface area contributed by atoms with Crippen molar-refractivity contribution in [1.82, 2.24) is 10.3 Å². The van der Waals surface area contributed by atoms with E-state index in [2.05, 4.69) is 31.1 Å². The maximum Gasteiger partial charge on any atom is 0.208 e. The molecule has 0 radical (unpaired) electrons. The molecule has 0 aromatic carbocycles. The van der Waals surface area contributed by atoms with Crippen LogP contribution in [0.4, 0.5) is 0 Å². The molecule has 1 N–H and O–H groups in total. The van der Waals surface area contributed by atoms with Crippen LogP contribution >= 0.6 is 0 Å². The number of hydrogen-bond donors (Lipinski definition) is 1. The minimum Gasteiger partial charge on any atom is -0.444 e. The van der Waals surface area contributed by atoms with Crippen LogP contribution in [0.25, 0.3) is 0 Å². The third-order valence-electron chi connectivity index (χ3n) is 2.67. The number of nitrogens with zero attached hydrogens (tertiary/aromatic N) is 1. The molecule has 1 unspecified atom stereocenters. The van der Waals surface area contributed by atoms with Gasteiger partial charge in [-0.05, 0) is 27.2 Å². The Kier molecular flexibility index (Phi) is 3.30. The molecule has 1 aromatic rings. The number of aromatic nitrogens is 1. The zero-order valence-electron chi connectivity index (χ0n) is 10.2. The summed E-state index contributed by atoms with van der Waals surface area (Å²) in [7, 11) is 0. The lowest BCUT2D eigenvalue weighted by Crippen LogP contribution is -2.35. The monoisotopic (exact) mass is 224 g/mol. The Morgan fingerprint density at radius 3 is 2.94 bits per heavy atom. The van der Waals surface area contributed by atoms with Crippen LogP contribution in [0.2, 0.25) is 0 Å². The molecule has 4 nitrogen and oxygen atoms in total. The van der Waals surface area contributed by atoms with Crippen molar-refractivity contribution in [2.75, 3.05) is 13.2 Å². The molecule has 1 fully saturated rings. The standard InChI is InChI=1S/C12H20N2O2/c1-12(2,3)14-7-11-13-6-10(16-11)9-4-5-15-8-9/h6,9,14H,4-5,7-8H2,1-3H3. The lowest BCUT2D eigenvalue weighted by Gasteiger charge is -2.18. The fraction of sp³-hybridized carbons (Fsp3) is 0.750. The van der Waals surface area contributed by atoms with Gasteiger partial charge in [-0.2, -0.15) is 0 Å². The molecule has 2 heterocycles. The summed E-state index contributed by atoms with van der Waals surface area (Å²) < 4.78 is 11.0. The van der Waals surface area contributed by atoms with Crippen LogP contribution in [-0.2, 0) is 11.3 Å². The van der Waals surface area contributed by atoms with Crippen LogP contribution in [0.1, 0.15) is 44.8 Å². The Balaban J connectivity index is 1.91. The Labute approximate surface area is 96.4 Å². The van der Waals surface area contributed by atoms with E-state index in [-0.39, 0.29) is 5.54 Å². The van der Waals surface area contributed by atoms with Gasteiger partial charge in [-0.3, -0.25) is 0 Å². The largest absolute Gasteiger partial charge is 0.444 e. The van der Waals surface area contributed by atoms with Crippen molar-refractivity contribution in [3.8, 4) is 0 Å². The summed E-state index contributed by atoms with van der Waals surface area (Å²) in [6, 6.07) is 0. The average molecular weight is 224 g/mol. The van der Waals surface area contributed by atoms with Crippen molar-refractivity contribution < 1.29 is 9.15 Å². The van der Waals surface area contributed by atoms with Crippen LogP contribution in [0.3, 0.4) is 0 Å². The van der Waals surface area contributed by atoms with Gasteiger partial charge in [0, 0.05) is 18.1 Å². The Bertz CT molecular complexity index is 335. The van der Waals surface area contributed by atoms with E-state index in [0.29, 0.717) is 12.5 Å². The number of ether oxygens (including phenoxy) is 1. The second kappa shape index (κ2) is 4.55. The molecular weight excluding hydrogens is 204 g/mol. The molecule has 1 saturated heterocycles. The van der Waals surface area contributed by atoms with Crippen LogP contribution in [0.15, 0.2) is 10.6 Å². The third kappa shape index (κ3) is 3.06. The van der Waals surface area contributed by atoms with Crippen molar-refractivity contribution in [2.24, 2.45) is 0 Å². The second-order valence-electron chi connectivity index (χ2n) is 5.32. The second-order valence-corrected chi connectivity index (χ2v) is 5.32. The molecule has 1 aliphatic heterocycles. The molecule has 0 spiro atoms. The van der Waals surface area contributed by atoms with Gasteiger partial charge < -0.3 is 14.5 Å². The zero-order chi connectivity index (χ0) is 11.6. The van der Waals surface area contributed by atoms with Crippen molar-refractivity contribution in [3.05, 3.63) is 17.8 Å². The summed E-state index contributed by atoms with van der Waals surface area (Å²) in [6.07, 6.45) is 2.88. The lowest BCUT2D eigenvalue weighted by atomic mass is 10.1. The Hall–Kier alpha value is -0.870. The molecule has 0 amide bonds. The maximum absolute atomic E-state index is 5.71. The maximum atomic E-state index is 5.71. The molecule has 1 aliphatic rings. The van der Waals surface area contributed by atoms with Gasteiger partial charge >= 0.3 is 0 Å². The van der Waals surface area contributed by atoms with E-state index >= 15 is 0 Å². The Morgan fingerprint density at radius 2 is 2.31 bits per heavy atom. The average Bonchev–Trinajstić information content (AvgIpc) is 2.84. The molecule has 16 heavy (non-hydrogen) atoms. The van der Waals surface area contributed by atoms with E-state index in [9.17, 15) is 0 Å². The molecule has 1 atom stereocenters. The zero-order valence-corrected chi connectivity index (χ0v) is 10.2. The summed E-state index contributed by atoms with van der Waals surface area (Å²) in [4.78, 5) is 4.28. The molecule has 1 aromatic heterocycles. The van der Waals surface area contributed by atoms with Crippen molar-refractivity contribution in [1.29, 1.82) is 0 Å². The molecule has 4 heteroatoms. The fourth-order valence-electron chi connectivity index (χ4n) is 1.69. The molecule has 90 valence electrons. The first kappa shape index (κ1) is 11.6. The van der Waals surface area contributed by atoms with Gasteiger partial charge in [-0.25, -0.2) is 4.98 Å². The summed E-state index contributed by atoms with van der Waals surface area (Å²) in [5.41, 5.74) is 0.0884. The number of hydrogen-bond acceptors (Lipinski definition) is 4. The van der Waals surface area contributed by atoms with Gasteiger partial charge in [0.25, 0.3) is 0 Å². The van der Waals surface area contributed by atoms with E-state index in [1.54, 1.807) is 0 Å². The smallest absolute Gasteiger partial charge is 0.208 e. The normalized spacial score (nSPS) is 21.6. The first-order valence-corrected chi connectivity index (χ1v) is 5.82. The van der Waals surface area contributed by atoms with Gasteiger partial charge in [-0.15, -0.1) is 0 Å². The fourth-order valence-corrected chi connectivity index (χ4v) is 1.69. The number of nitrogens with one attached hydrogen (secondary N) is 1. The van der Waals surface area contributed by atoms with Crippen molar-refractivity contribution in [3.63, 3.8) is 0 Å². The highest BCUT2D eigenvalue weighted by Gasteiger charge is 2.22. The number of oxazole rings is 1. The highest BCUT2D eigenvalue weighted by Crippen LogP contribution is 2.25. The van der Waals surface area contributed by atoms with Gasteiger partial charge in [-0.1, -0.05) is 0 Å². The molecule has 0 bridgehead atoms. The molecular formula is C12H20N2O2. The van der Waals surface area contributed by atoms with Gasteiger partial charge in [0.05, 0.1) is 19.3 Å². The van der Waals surface area contributed by atoms with Crippen LogP contribution in [-0.4, -0.2) is 23.7 Å². The van der Waals surface area contributed by atoms with Gasteiger partial charge in [0.2, 0.25) is 5.89 Å². The molecule has 2 rings (SSSR count). The van der Waals surface area contributed by atoms with Gasteiger partial charge in [0.15, 0.2) is 0 Å². The summed E-state index contributed by atoms with van der Waals surface area (Å²) in [5, 5.41) is 3.35. The van der Waals surface area contributed by atoms with Crippen LogP contribution < -0.4 is 5.32 Å². The Morgan fingerprint density at radius 1 is 1.50 bits per heavy atom. The van der Waals surface area contributed by atoms with E-state index in [1.807, 2.05) is 6.20 Å².